The van der Waals surface area contributed by atoms with E-state index in [9.17, 15) is 9.59 Å². The van der Waals surface area contributed by atoms with E-state index >= 15 is 0 Å². The fourth-order valence-corrected chi connectivity index (χ4v) is 4.21. The lowest BCUT2D eigenvalue weighted by Gasteiger charge is -2.27. The third-order valence-electron chi connectivity index (χ3n) is 5.77. The van der Waals surface area contributed by atoms with Crippen LogP contribution in [0.1, 0.15) is 18.4 Å². The Balaban J connectivity index is 1.48. The highest BCUT2D eigenvalue weighted by Gasteiger charge is 2.36. The molecule has 6 nitrogen and oxygen atoms in total. The summed E-state index contributed by atoms with van der Waals surface area (Å²) in [6.45, 7) is 0.542. The van der Waals surface area contributed by atoms with Crippen molar-refractivity contribution < 1.29 is 14.3 Å². The van der Waals surface area contributed by atoms with Crippen LogP contribution in [0.25, 0.3) is 10.8 Å². The van der Waals surface area contributed by atoms with Crippen molar-refractivity contribution in [2.75, 3.05) is 19.0 Å². The summed E-state index contributed by atoms with van der Waals surface area (Å²) in [6.07, 6.45) is 1.86. The summed E-state index contributed by atoms with van der Waals surface area (Å²) in [5.41, 5.74) is 7.86. The molecule has 0 aromatic heterocycles. The zero-order valence-electron chi connectivity index (χ0n) is 17.6. The van der Waals surface area contributed by atoms with Crippen LogP contribution in [0.3, 0.4) is 0 Å². The summed E-state index contributed by atoms with van der Waals surface area (Å²) in [5, 5.41) is 4.92. The number of ether oxygens (including phenoxy) is 1. The normalized spacial score (nSPS) is 16.8. The maximum absolute atomic E-state index is 13.1. The molecule has 1 aliphatic rings. The first-order valence-corrected chi connectivity index (χ1v) is 10.5. The van der Waals surface area contributed by atoms with E-state index < -0.39 is 12.1 Å². The summed E-state index contributed by atoms with van der Waals surface area (Å²) < 4.78 is 5.49. The second kappa shape index (κ2) is 9.18. The van der Waals surface area contributed by atoms with Gasteiger partial charge in [0, 0.05) is 23.7 Å². The monoisotopic (exact) mass is 417 g/mol. The lowest BCUT2D eigenvalue weighted by Crippen LogP contribution is -2.50. The van der Waals surface area contributed by atoms with Crippen molar-refractivity contribution in [3.05, 3.63) is 72.3 Å². The number of nitrogens with two attached hydrogens (primary N) is 1. The molecular formula is C25H27N3O3. The zero-order chi connectivity index (χ0) is 21.8. The van der Waals surface area contributed by atoms with Crippen molar-refractivity contribution in [1.82, 2.24) is 4.90 Å². The number of nitrogens with zero attached hydrogens (tertiary/aromatic N) is 1. The maximum atomic E-state index is 13.1. The van der Waals surface area contributed by atoms with Gasteiger partial charge in [-0.05, 0) is 36.3 Å². The summed E-state index contributed by atoms with van der Waals surface area (Å²) in [5.74, 6) is 0.310. The summed E-state index contributed by atoms with van der Waals surface area (Å²) in [7, 11) is 1.61. The lowest BCUT2D eigenvalue weighted by atomic mass is 10.0. The lowest BCUT2D eigenvalue weighted by molar-refractivity contribution is -0.137. The fourth-order valence-electron chi connectivity index (χ4n) is 4.21. The Bertz CT molecular complexity index is 1080. The van der Waals surface area contributed by atoms with Gasteiger partial charge in [-0.3, -0.25) is 9.59 Å². The van der Waals surface area contributed by atoms with Gasteiger partial charge >= 0.3 is 0 Å². The first-order chi connectivity index (χ1) is 15.1. The van der Waals surface area contributed by atoms with E-state index in [2.05, 4.69) is 5.32 Å². The highest BCUT2D eigenvalue weighted by Crippen LogP contribution is 2.30. The molecule has 0 aliphatic carbocycles. The molecule has 3 aromatic rings. The number of rotatable bonds is 6. The molecule has 3 aromatic carbocycles. The summed E-state index contributed by atoms with van der Waals surface area (Å²) in [4.78, 5) is 27.7. The largest absolute Gasteiger partial charge is 0.496 e. The minimum Gasteiger partial charge on any atom is -0.496 e. The van der Waals surface area contributed by atoms with Crippen LogP contribution in [0, 0.1) is 0 Å². The number of anilines is 1. The molecule has 0 unspecified atom stereocenters. The minimum absolute atomic E-state index is 0.183. The van der Waals surface area contributed by atoms with Gasteiger partial charge in [0.2, 0.25) is 11.8 Å². The van der Waals surface area contributed by atoms with Gasteiger partial charge in [0.25, 0.3) is 0 Å². The first kappa shape index (κ1) is 20.9. The predicted octanol–water partition coefficient (Wildman–Crippen LogP) is 3.35. The number of fused-ring (bicyclic) bond motifs is 1. The van der Waals surface area contributed by atoms with Crippen LogP contribution in [0.4, 0.5) is 5.69 Å². The number of carbonyl (C=O) groups excluding carboxylic acids is 2. The minimum atomic E-state index is -0.670. The highest BCUT2D eigenvalue weighted by atomic mass is 16.5. The van der Waals surface area contributed by atoms with E-state index in [4.69, 9.17) is 10.5 Å². The summed E-state index contributed by atoms with van der Waals surface area (Å²) in [6, 6.07) is 20.1. The van der Waals surface area contributed by atoms with Gasteiger partial charge in [-0.25, -0.2) is 0 Å². The number of amides is 2. The summed E-state index contributed by atoms with van der Waals surface area (Å²) >= 11 is 0. The molecule has 1 heterocycles. The number of carbonyl (C=O) groups is 2. The van der Waals surface area contributed by atoms with Crippen molar-refractivity contribution >= 4 is 28.3 Å². The number of benzene rings is 3. The average Bonchev–Trinajstić information content (AvgIpc) is 3.28. The molecule has 0 radical (unpaired) electrons. The topological polar surface area (TPSA) is 84.7 Å². The van der Waals surface area contributed by atoms with E-state index in [0.29, 0.717) is 30.8 Å². The van der Waals surface area contributed by atoms with Gasteiger partial charge in [0.15, 0.2) is 0 Å². The first-order valence-electron chi connectivity index (χ1n) is 10.5. The quantitative estimate of drug-likeness (QED) is 0.644. The van der Waals surface area contributed by atoms with Gasteiger partial charge in [-0.2, -0.15) is 0 Å². The molecule has 6 heteroatoms. The number of likely N-dealkylation sites (tertiary alicyclic amines) is 1. The highest BCUT2D eigenvalue weighted by molar-refractivity contribution is 6.01. The van der Waals surface area contributed by atoms with E-state index in [0.717, 1.165) is 22.8 Å². The Labute approximate surface area is 182 Å². The standard InChI is InChI=1S/C25H27N3O3/c1-31-23-16-19(15-18-10-5-6-11-20(18)23)27-24(29)22-12-7-13-28(22)25(30)21(26)14-17-8-3-2-4-9-17/h2-6,8-11,15-16,21-22H,7,12-14,26H2,1H3,(H,27,29)/t21-,22-/m0/s1. The predicted molar refractivity (Wildman–Crippen MR) is 122 cm³/mol. The van der Waals surface area contributed by atoms with Crippen molar-refractivity contribution in [2.24, 2.45) is 5.73 Å². The van der Waals surface area contributed by atoms with Gasteiger partial charge < -0.3 is 20.7 Å². The molecule has 1 saturated heterocycles. The van der Waals surface area contributed by atoms with Crippen LogP contribution < -0.4 is 15.8 Å². The molecule has 2 amide bonds. The van der Waals surface area contributed by atoms with Gasteiger partial charge in [-0.1, -0.05) is 54.6 Å². The third kappa shape index (κ3) is 4.54. The Morgan fingerprint density at radius 2 is 1.87 bits per heavy atom. The Kier molecular flexibility index (Phi) is 6.18. The Morgan fingerprint density at radius 3 is 2.65 bits per heavy atom. The number of nitrogens with one attached hydrogen (secondary N) is 1. The average molecular weight is 418 g/mol. The van der Waals surface area contributed by atoms with Crippen molar-refractivity contribution in [3.63, 3.8) is 0 Å². The molecule has 3 N–H and O–H groups in total. The van der Waals surface area contributed by atoms with Gasteiger partial charge in [0.05, 0.1) is 13.2 Å². The van der Waals surface area contributed by atoms with Gasteiger partial charge in [0.1, 0.15) is 11.8 Å². The van der Waals surface area contributed by atoms with E-state index in [1.807, 2.05) is 66.7 Å². The second-order valence-corrected chi connectivity index (χ2v) is 7.87. The van der Waals surface area contributed by atoms with Gasteiger partial charge in [-0.15, -0.1) is 0 Å². The number of hydrogen-bond acceptors (Lipinski definition) is 4. The van der Waals surface area contributed by atoms with Crippen LogP contribution in [0.5, 0.6) is 5.75 Å². The van der Waals surface area contributed by atoms with Crippen LogP contribution in [-0.4, -0.2) is 42.5 Å². The molecule has 0 spiro atoms. The molecule has 1 aliphatic heterocycles. The van der Waals surface area contributed by atoms with E-state index in [1.165, 1.54) is 0 Å². The van der Waals surface area contributed by atoms with E-state index in [-0.39, 0.29) is 11.8 Å². The molecule has 2 atom stereocenters. The molecule has 160 valence electrons. The zero-order valence-corrected chi connectivity index (χ0v) is 17.6. The number of methoxy groups -OCH3 is 1. The van der Waals surface area contributed by atoms with Crippen LogP contribution in [0.2, 0.25) is 0 Å². The van der Waals surface area contributed by atoms with Crippen LogP contribution in [-0.2, 0) is 16.0 Å². The molecule has 0 saturated carbocycles. The second-order valence-electron chi connectivity index (χ2n) is 7.87. The van der Waals surface area contributed by atoms with Crippen molar-refractivity contribution in [3.8, 4) is 5.75 Å². The van der Waals surface area contributed by atoms with Crippen LogP contribution in [0.15, 0.2) is 66.7 Å². The molecule has 1 fully saturated rings. The number of hydrogen-bond donors (Lipinski definition) is 2. The third-order valence-corrected chi connectivity index (χ3v) is 5.77. The van der Waals surface area contributed by atoms with Crippen molar-refractivity contribution in [2.45, 2.75) is 31.3 Å². The molecule has 4 rings (SSSR count). The molecule has 0 bridgehead atoms. The van der Waals surface area contributed by atoms with E-state index in [1.54, 1.807) is 12.0 Å². The fraction of sp³-hybridized carbons (Fsp3) is 0.280. The SMILES string of the molecule is COc1cc(NC(=O)[C@@H]2CCCN2C(=O)[C@@H](N)Cc2ccccc2)cc2ccccc12. The van der Waals surface area contributed by atoms with Crippen molar-refractivity contribution in [1.29, 1.82) is 0 Å². The molecule has 31 heavy (non-hydrogen) atoms. The smallest absolute Gasteiger partial charge is 0.247 e. The van der Waals surface area contributed by atoms with Crippen LogP contribution >= 0.6 is 0 Å². The Morgan fingerprint density at radius 1 is 1.13 bits per heavy atom. The molecular weight excluding hydrogens is 390 g/mol. The maximum Gasteiger partial charge on any atom is 0.247 e. The Hall–Kier alpha value is -3.38.